The molecule has 0 fully saturated rings. The van der Waals surface area contributed by atoms with Crippen LogP contribution in [0.2, 0.25) is 0 Å². The molecule has 7 aromatic rings. The van der Waals surface area contributed by atoms with Gasteiger partial charge in [-0.15, -0.1) is 12.4 Å². The molecule has 0 radical (unpaired) electrons. The lowest BCUT2D eigenvalue weighted by Crippen LogP contribution is -2.10. The smallest absolute Gasteiger partial charge is 0.185 e. The number of carbonyl (C=O) groups excluding carboxylic acids is 1. The van der Waals surface area contributed by atoms with Gasteiger partial charge in [-0.3, -0.25) is 10.2 Å². The third-order valence-electron chi connectivity index (χ3n) is 7.37. The Morgan fingerprint density at radius 1 is 0.538 bits per heavy atom. The average molecular weight is 831 g/mol. The molecule has 0 spiro atoms. The fourth-order valence-electron chi connectivity index (χ4n) is 4.81. The largest absolute Gasteiger partial charge is 0.384 e. The van der Waals surface area contributed by atoms with E-state index in [9.17, 15) is 4.79 Å². The van der Waals surface area contributed by atoms with Crippen molar-refractivity contribution in [3.63, 3.8) is 0 Å². The summed E-state index contributed by atoms with van der Waals surface area (Å²) in [6.07, 6.45) is 3.43. The van der Waals surface area contributed by atoms with E-state index in [2.05, 4.69) is 56.1 Å². The van der Waals surface area contributed by atoms with E-state index in [1.165, 1.54) is 0 Å². The average Bonchev–Trinajstić information content (AvgIpc) is 3.19. The van der Waals surface area contributed by atoms with Gasteiger partial charge in [0.2, 0.25) is 0 Å². The number of aromatic nitrogens is 2. The van der Waals surface area contributed by atoms with Crippen LogP contribution in [0.1, 0.15) is 21.5 Å². The lowest BCUT2D eigenvalue weighted by Gasteiger charge is -2.09. The highest BCUT2D eigenvalue weighted by Gasteiger charge is 2.10. The summed E-state index contributed by atoms with van der Waals surface area (Å²) < 4.78 is 1.96. The molecule has 5 nitrogen and oxygen atoms in total. The number of allylic oxidation sites excluding steroid dienone is 1. The number of halogens is 3. The fraction of sp³-hybridized carbons (Fsp3) is 0. The minimum atomic E-state index is 0. The maximum Gasteiger partial charge on any atom is 0.185 e. The molecule has 1 aromatic heterocycles. The van der Waals surface area contributed by atoms with Gasteiger partial charge in [-0.2, -0.15) is 0 Å². The lowest BCUT2D eigenvalue weighted by atomic mass is 10.1. The summed E-state index contributed by atoms with van der Waals surface area (Å²) in [6, 6.07) is 56.9. The van der Waals surface area contributed by atoms with Gasteiger partial charge in [-0.25, -0.2) is 9.97 Å². The highest BCUT2D eigenvalue weighted by atomic mass is 79.9. The number of nitrogens with one attached hydrogen (secondary N) is 1. The number of ketones is 1. The van der Waals surface area contributed by atoms with Crippen LogP contribution in [-0.4, -0.2) is 21.6 Å². The second-order valence-electron chi connectivity index (χ2n) is 11.1. The van der Waals surface area contributed by atoms with Crippen LogP contribution in [0.15, 0.2) is 191 Å². The maximum absolute atomic E-state index is 11.7. The minimum absolute atomic E-state index is 0. The van der Waals surface area contributed by atoms with Crippen LogP contribution in [0.25, 0.3) is 40.0 Å². The molecule has 0 saturated heterocycles. The van der Waals surface area contributed by atoms with Gasteiger partial charge >= 0.3 is 0 Å². The van der Waals surface area contributed by atoms with Crippen LogP contribution in [0.5, 0.6) is 0 Å². The Hall–Kier alpha value is -5.47. The monoisotopic (exact) mass is 828 g/mol. The molecule has 3 N–H and O–H groups in total. The van der Waals surface area contributed by atoms with E-state index in [0.29, 0.717) is 0 Å². The predicted octanol–water partition coefficient (Wildman–Crippen LogP) is 12.0. The number of nitrogens with zero attached hydrogens (tertiary/aromatic N) is 2. The summed E-state index contributed by atoms with van der Waals surface area (Å²) in [5.41, 5.74) is 12.7. The van der Waals surface area contributed by atoms with Crippen molar-refractivity contribution in [3.8, 4) is 33.9 Å². The van der Waals surface area contributed by atoms with E-state index in [4.69, 9.17) is 21.1 Å². The maximum atomic E-state index is 11.7. The number of hydrogen-bond donors (Lipinski definition) is 2. The number of amidine groups is 1. The molecule has 0 amide bonds. The van der Waals surface area contributed by atoms with Gasteiger partial charge < -0.3 is 5.73 Å². The Labute approximate surface area is 327 Å². The molecule has 52 heavy (non-hydrogen) atoms. The number of rotatable bonds is 7. The summed E-state index contributed by atoms with van der Waals surface area (Å²) in [7, 11) is 0. The number of carbonyl (C=O) groups is 1. The molecular weight excluding hydrogens is 796 g/mol. The Balaban J connectivity index is 0.000000192. The number of hydrogen-bond acceptors (Lipinski definition) is 4. The quantitative estimate of drug-likeness (QED) is 0.0724. The van der Waals surface area contributed by atoms with Crippen LogP contribution < -0.4 is 5.73 Å². The highest BCUT2D eigenvalue weighted by molar-refractivity contribution is 9.10. The minimum Gasteiger partial charge on any atom is -0.384 e. The molecule has 8 heteroatoms. The first kappa shape index (κ1) is 39.3. The zero-order valence-electron chi connectivity index (χ0n) is 27.9. The number of nitrogen functional groups attached to an aromatic ring is 1. The molecule has 0 aliphatic rings. The van der Waals surface area contributed by atoms with Gasteiger partial charge in [-0.1, -0.05) is 184 Å². The van der Waals surface area contributed by atoms with Crippen molar-refractivity contribution >= 4 is 62.0 Å². The molecule has 6 aromatic carbocycles. The Kier molecular flexibility index (Phi) is 15.4. The summed E-state index contributed by atoms with van der Waals surface area (Å²) >= 11 is 6.81. The summed E-state index contributed by atoms with van der Waals surface area (Å²) in [5.74, 6) is 0.854. The first-order valence-corrected chi connectivity index (χ1v) is 17.6. The van der Waals surface area contributed by atoms with Crippen LogP contribution in [0, 0.1) is 5.41 Å². The van der Waals surface area contributed by atoms with E-state index >= 15 is 0 Å². The first-order valence-electron chi connectivity index (χ1n) is 16.0. The highest BCUT2D eigenvalue weighted by Crippen LogP contribution is 2.28. The van der Waals surface area contributed by atoms with Crippen molar-refractivity contribution in [2.24, 2.45) is 5.73 Å². The molecule has 0 unspecified atom stereocenters. The van der Waals surface area contributed by atoms with E-state index < -0.39 is 0 Å². The second-order valence-corrected chi connectivity index (χ2v) is 12.9. The predicted molar refractivity (Wildman–Crippen MR) is 225 cm³/mol. The molecule has 0 bridgehead atoms. The Bertz CT molecular complexity index is 2160. The van der Waals surface area contributed by atoms with Gasteiger partial charge in [0, 0.05) is 36.8 Å². The molecular formula is C44H35Br2ClN4O. The number of nitrogens with two attached hydrogens (primary N) is 1. The van der Waals surface area contributed by atoms with Crippen molar-refractivity contribution in [2.75, 3.05) is 0 Å². The molecule has 7 rings (SSSR count). The first-order chi connectivity index (χ1) is 24.9. The third-order valence-corrected chi connectivity index (χ3v) is 8.36. The van der Waals surface area contributed by atoms with Crippen molar-refractivity contribution in [1.82, 2.24) is 9.97 Å². The fourth-order valence-corrected chi connectivity index (χ4v) is 5.61. The van der Waals surface area contributed by atoms with Crippen molar-refractivity contribution in [3.05, 3.63) is 208 Å². The molecule has 1 heterocycles. The van der Waals surface area contributed by atoms with Gasteiger partial charge in [0.1, 0.15) is 5.84 Å². The van der Waals surface area contributed by atoms with Crippen molar-refractivity contribution < 1.29 is 4.79 Å². The van der Waals surface area contributed by atoms with Gasteiger partial charge in [0.05, 0.1) is 11.4 Å². The lowest BCUT2D eigenvalue weighted by molar-refractivity contribution is 0.104. The SMILES string of the molecule is Brc1cccc(-c2nc(-c3ccccc3)cc(-c3ccccc3)n2)c1.Cl.N=C(N)c1cccc(Br)c1.O=C(/C=C/c1ccccc1)c1ccccc1. The van der Waals surface area contributed by atoms with Crippen molar-refractivity contribution in [1.29, 1.82) is 5.41 Å². The Morgan fingerprint density at radius 3 is 1.46 bits per heavy atom. The number of benzene rings is 6. The summed E-state index contributed by atoms with van der Waals surface area (Å²) in [6.45, 7) is 0. The van der Waals surface area contributed by atoms with Gasteiger partial charge in [0.15, 0.2) is 11.6 Å². The van der Waals surface area contributed by atoms with E-state index in [-0.39, 0.29) is 24.0 Å². The normalized spacial score (nSPS) is 10.1. The van der Waals surface area contributed by atoms with Crippen LogP contribution in [0.4, 0.5) is 0 Å². The van der Waals surface area contributed by atoms with Gasteiger partial charge in [0.25, 0.3) is 0 Å². The standard InChI is InChI=1S/C22H15BrN2.C15H12O.C7H7BrN2.ClH/c23-19-13-7-12-18(14-19)22-24-20(16-8-3-1-4-9-16)15-21(25-22)17-10-5-2-6-11-17;16-15(14-9-5-2-6-10-14)12-11-13-7-3-1-4-8-13;8-6-3-1-2-5(4-6)7(9)10;/h1-15H;1-12H;1-4H,(H3,9,10);1H/b;12-11+;;. The zero-order valence-corrected chi connectivity index (χ0v) is 31.9. The van der Waals surface area contributed by atoms with Crippen molar-refractivity contribution in [2.45, 2.75) is 0 Å². The zero-order chi connectivity index (χ0) is 35.8. The topological polar surface area (TPSA) is 92.7 Å². The van der Waals surface area contributed by atoms with E-state index in [1.807, 2.05) is 152 Å². The molecule has 0 aliphatic carbocycles. The van der Waals surface area contributed by atoms with E-state index in [1.54, 1.807) is 12.1 Å². The van der Waals surface area contributed by atoms with Crippen LogP contribution in [0.3, 0.4) is 0 Å². The summed E-state index contributed by atoms with van der Waals surface area (Å²) in [4.78, 5) is 21.3. The second kappa shape index (κ2) is 20.4. The molecule has 0 saturated carbocycles. The third kappa shape index (κ3) is 12.1. The summed E-state index contributed by atoms with van der Waals surface area (Å²) in [5, 5.41) is 7.09. The van der Waals surface area contributed by atoms with Crippen LogP contribution in [-0.2, 0) is 0 Å². The Morgan fingerprint density at radius 2 is 0.981 bits per heavy atom. The van der Waals surface area contributed by atoms with Gasteiger partial charge in [-0.05, 0) is 42.0 Å². The van der Waals surface area contributed by atoms with E-state index in [0.717, 1.165) is 59.5 Å². The van der Waals surface area contributed by atoms with Crippen LogP contribution >= 0.6 is 44.3 Å². The molecule has 258 valence electrons. The molecule has 0 aliphatic heterocycles. The molecule has 0 atom stereocenters.